The number of guanidine groups is 1. The Hall–Kier alpha value is -1.16. The molecule has 0 aromatic carbocycles. The molecule has 2 rings (SSSR count). The van der Waals surface area contributed by atoms with Crippen LogP contribution < -0.4 is 10.6 Å². The first-order valence-electron chi connectivity index (χ1n) is 9.51. The normalized spacial score (nSPS) is 16.9. The van der Waals surface area contributed by atoms with Gasteiger partial charge in [-0.2, -0.15) is 22.5 Å². The van der Waals surface area contributed by atoms with Crippen LogP contribution >= 0.6 is 24.0 Å². The predicted octanol–water partition coefficient (Wildman–Crippen LogP) is 2.05. The van der Waals surface area contributed by atoms with Gasteiger partial charge in [-0.05, 0) is 39.0 Å². The number of nitrogens with zero attached hydrogens (tertiary/aromatic N) is 4. The zero-order chi connectivity index (χ0) is 21.5. The Morgan fingerprint density at radius 2 is 1.97 bits per heavy atom. The topological polar surface area (TPSA) is 113 Å². The van der Waals surface area contributed by atoms with Crippen molar-refractivity contribution >= 4 is 40.0 Å². The molecular weight excluding hydrogens is 540 g/mol. The first-order valence-corrected chi connectivity index (χ1v) is 10.9. The number of rotatable bonds is 8. The molecule has 0 aliphatic carbocycles. The zero-order valence-electron chi connectivity index (χ0n) is 16.9. The molecule has 0 amide bonds. The number of hydrogen-bond donors (Lipinski definition) is 2. The van der Waals surface area contributed by atoms with Crippen molar-refractivity contribution in [3.8, 4) is 0 Å². The molecular formula is C16H28F3IN6O3S. The van der Waals surface area contributed by atoms with Gasteiger partial charge in [0.2, 0.25) is 5.89 Å². The fourth-order valence-electron chi connectivity index (χ4n) is 2.93. The maximum atomic E-state index is 12.6. The minimum Gasteiger partial charge on any atom is -0.357 e. The minimum absolute atomic E-state index is 0. The largest absolute Gasteiger partial charge is 0.511 e. The van der Waals surface area contributed by atoms with Gasteiger partial charge in [-0.15, -0.1) is 24.0 Å². The van der Waals surface area contributed by atoms with Crippen LogP contribution in [0, 0.1) is 12.8 Å². The van der Waals surface area contributed by atoms with Crippen molar-refractivity contribution in [3.63, 3.8) is 0 Å². The van der Waals surface area contributed by atoms with E-state index < -0.39 is 15.5 Å². The van der Waals surface area contributed by atoms with Gasteiger partial charge in [0.05, 0.1) is 0 Å². The SMILES string of the molecule is CCNC(=NCC1CCN(S(=O)(=O)C(F)(F)F)CC1)NCCCc1nc(C)no1.I. The smallest absolute Gasteiger partial charge is 0.357 e. The number of aromatic nitrogens is 2. The molecule has 1 saturated heterocycles. The molecule has 2 N–H and O–H groups in total. The van der Waals surface area contributed by atoms with Crippen molar-refractivity contribution in [1.29, 1.82) is 0 Å². The fraction of sp³-hybridized carbons (Fsp3) is 0.812. The molecule has 0 unspecified atom stereocenters. The molecule has 1 fully saturated rings. The Bertz CT molecular complexity index is 779. The molecule has 174 valence electrons. The zero-order valence-corrected chi connectivity index (χ0v) is 20.1. The molecule has 30 heavy (non-hydrogen) atoms. The summed E-state index contributed by atoms with van der Waals surface area (Å²) in [4.78, 5) is 8.61. The number of nitrogens with one attached hydrogen (secondary N) is 2. The third-order valence-corrected chi connectivity index (χ3v) is 6.12. The van der Waals surface area contributed by atoms with Gasteiger partial charge in [-0.3, -0.25) is 4.99 Å². The lowest BCUT2D eigenvalue weighted by atomic mass is 9.98. The number of aliphatic imine (C=N–C) groups is 1. The molecule has 0 radical (unpaired) electrons. The van der Waals surface area contributed by atoms with Crippen LogP contribution in [0.4, 0.5) is 13.2 Å². The molecule has 14 heteroatoms. The summed E-state index contributed by atoms with van der Waals surface area (Å²) < 4.78 is 66.4. The van der Waals surface area contributed by atoms with E-state index in [4.69, 9.17) is 4.52 Å². The number of hydrogen-bond acceptors (Lipinski definition) is 6. The Balaban J connectivity index is 0.00000450. The van der Waals surface area contributed by atoms with E-state index in [1.165, 1.54) is 0 Å². The van der Waals surface area contributed by atoms with Crippen LogP contribution in [0.25, 0.3) is 0 Å². The van der Waals surface area contributed by atoms with Crippen LogP contribution in [-0.4, -0.2) is 67.1 Å². The maximum Gasteiger partial charge on any atom is 0.511 e. The van der Waals surface area contributed by atoms with E-state index >= 15 is 0 Å². The highest BCUT2D eigenvalue weighted by Gasteiger charge is 2.50. The van der Waals surface area contributed by atoms with Crippen LogP contribution in [0.2, 0.25) is 0 Å². The van der Waals surface area contributed by atoms with Crippen LogP contribution in [0.5, 0.6) is 0 Å². The molecule has 1 aliphatic rings. The quantitative estimate of drug-likeness (QED) is 0.214. The second-order valence-electron chi connectivity index (χ2n) is 6.78. The van der Waals surface area contributed by atoms with Crippen LogP contribution in [0.3, 0.4) is 0 Å². The molecule has 0 bridgehead atoms. The molecule has 0 spiro atoms. The highest BCUT2D eigenvalue weighted by molar-refractivity contribution is 14.0. The molecule has 1 aliphatic heterocycles. The van der Waals surface area contributed by atoms with E-state index in [1.807, 2.05) is 6.92 Å². The number of sulfonamides is 1. The van der Waals surface area contributed by atoms with Crippen molar-refractivity contribution in [2.75, 3.05) is 32.7 Å². The van der Waals surface area contributed by atoms with Gasteiger partial charge in [0.15, 0.2) is 11.8 Å². The number of halogens is 4. The Kier molecular flexibility index (Phi) is 10.8. The summed E-state index contributed by atoms with van der Waals surface area (Å²) in [5.41, 5.74) is -5.25. The highest BCUT2D eigenvalue weighted by atomic mass is 127. The van der Waals surface area contributed by atoms with E-state index in [0.717, 1.165) is 6.42 Å². The summed E-state index contributed by atoms with van der Waals surface area (Å²) in [6, 6.07) is 0. The van der Waals surface area contributed by atoms with Gasteiger partial charge in [0.25, 0.3) is 0 Å². The lowest BCUT2D eigenvalue weighted by Crippen LogP contribution is -2.45. The van der Waals surface area contributed by atoms with Gasteiger partial charge >= 0.3 is 15.5 Å². The summed E-state index contributed by atoms with van der Waals surface area (Å²) in [7, 11) is -5.24. The first kappa shape index (κ1) is 26.9. The van der Waals surface area contributed by atoms with E-state index in [9.17, 15) is 21.6 Å². The molecule has 1 aromatic rings. The van der Waals surface area contributed by atoms with E-state index in [-0.39, 0.29) is 43.0 Å². The predicted molar refractivity (Wildman–Crippen MR) is 116 cm³/mol. The van der Waals surface area contributed by atoms with Crippen LogP contribution in [0.1, 0.15) is 37.9 Å². The Morgan fingerprint density at radius 3 is 2.50 bits per heavy atom. The lowest BCUT2D eigenvalue weighted by Gasteiger charge is -2.30. The van der Waals surface area contributed by atoms with E-state index in [2.05, 4.69) is 25.8 Å². The number of piperidine rings is 1. The molecule has 0 saturated carbocycles. The summed E-state index contributed by atoms with van der Waals surface area (Å²) in [6.07, 6.45) is 2.09. The van der Waals surface area contributed by atoms with Crippen LogP contribution in [0.15, 0.2) is 9.52 Å². The minimum atomic E-state index is -5.25. The third-order valence-electron chi connectivity index (χ3n) is 4.49. The molecule has 9 nitrogen and oxygen atoms in total. The third kappa shape index (κ3) is 7.83. The molecule has 0 atom stereocenters. The monoisotopic (exact) mass is 568 g/mol. The summed E-state index contributed by atoms with van der Waals surface area (Å²) in [5, 5.41) is 10.0. The standard InChI is InChI=1S/C16H27F3N6O3S.HI/c1-3-20-15(21-8-4-5-14-23-12(2)24-28-14)22-11-13-6-9-25(10-7-13)29(26,27)16(17,18)19;/h13H,3-11H2,1-2H3,(H2,20,21,22);1H. The maximum absolute atomic E-state index is 12.6. The van der Waals surface area contributed by atoms with E-state index in [1.54, 1.807) is 6.92 Å². The van der Waals surface area contributed by atoms with Gasteiger partial charge in [-0.1, -0.05) is 5.16 Å². The Morgan fingerprint density at radius 1 is 1.30 bits per heavy atom. The summed E-state index contributed by atoms with van der Waals surface area (Å²) in [5.74, 6) is 1.81. The second-order valence-corrected chi connectivity index (χ2v) is 8.71. The van der Waals surface area contributed by atoms with Gasteiger partial charge in [0.1, 0.15) is 0 Å². The van der Waals surface area contributed by atoms with Gasteiger partial charge < -0.3 is 15.2 Å². The number of aryl methyl sites for hydroxylation is 2. The number of alkyl halides is 3. The fourth-order valence-corrected chi connectivity index (χ4v) is 3.91. The summed E-state index contributed by atoms with van der Waals surface area (Å²) in [6.45, 7) is 5.11. The second kappa shape index (κ2) is 12.0. The van der Waals surface area contributed by atoms with Gasteiger partial charge in [-0.25, -0.2) is 8.42 Å². The van der Waals surface area contributed by atoms with Crippen LogP contribution in [-0.2, 0) is 16.4 Å². The highest BCUT2D eigenvalue weighted by Crippen LogP contribution is 2.30. The molecule has 2 heterocycles. The van der Waals surface area contributed by atoms with Crippen molar-refractivity contribution in [3.05, 3.63) is 11.7 Å². The van der Waals surface area contributed by atoms with Crippen molar-refractivity contribution in [1.82, 2.24) is 25.1 Å². The van der Waals surface area contributed by atoms with Crippen molar-refractivity contribution in [2.45, 2.75) is 45.0 Å². The lowest BCUT2D eigenvalue weighted by molar-refractivity contribution is -0.0496. The van der Waals surface area contributed by atoms with Crippen molar-refractivity contribution < 1.29 is 26.1 Å². The first-order chi connectivity index (χ1) is 13.6. The van der Waals surface area contributed by atoms with E-state index in [0.29, 0.717) is 60.9 Å². The average molecular weight is 568 g/mol. The van der Waals surface area contributed by atoms with Crippen molar-refractivity contribution in [2.24, 2.45) is 10.9 Å². The Labute approximate surface area is 191 Å². The summed E-state index contributed by atoms with van der Waals surface area (Å²) >= 11 is 0. The molecule has 1 aromatic heterocycles. The van der Waals surface area contributed by atoms with Gasteiger partial charge in [0, 0.05) is 39.1 Å². The average Bonchev–Trinajstić information content (AvgIpc) is 3.07.